The minimum absolute atomic E-state index is 0.0428. The van der Waals surface area contributed by atoms with E-state index in [0.717, 1.165) is 44.1 Å². The largest absolute Gasteiger partial charge is 0.369 e. The van der Waals surface area contributed by atoms with Crippen LogP contribution in [-0.2, 0) is 4.79 Å². The Kier molecular flexibility index (Phi) is 4.33. The molecule has 1 amide bonds. The fourth-order valence-corrected chi connectivity index (χ4v) is 1.85. The maximum absolute atomic E-state index is 11.5. The molecule has 2 rings (SSSR count). The van der Waals surface area contributed by atoms with E-state index in [1.54, 1.807) is 12.4 Å². The highest BCUT2D eigenvalue weighted by Gasteiger charge is 2.16. The Labute approximate surface area is 107 Å². The zero-order chi connectivity index (χ0) is 12.8. The van der Waals surface area contributed by atoms with E-state index in [0.29, 0.717) is 6.54 Å². The summed E-state index contributed by atoms with van der Waals surface area (Å²) in [6.45, 7) is 4.88. The highest BCUT2D eigenvalue weighted by Crippen LogP contribution is 2.13. The highest BCUT2D eigenvalue weighted by atomic mass is 16.2. The zero-order valence-electron chi connectivity index (χ0n) is 10.6. The van der Waals surface area contributed by atoms with Crippen LogP contribution in [0.4, 0.5) is 11.6 Å². The van der Waals surface area contributed by atoms with Crippen LogP contribution in [0.3, 0.4) is 0 Å². The van der Waals surface area contributed by atoms with Crippen molar-refractivity contribution in [3.8, 4) is 0 Å². The van der Waals surface area contributed by atoms with Gasteiger partial charge in [-0.25, -0.2) is 4.98 Å². The van der Waals surface area contributed by atoms with Gasteiger partial charge in [-0.1, -0.05) is 6.92 Å². The topological polar surface area (TPSA) is 70.2 Å². The van der Waals surface area contributed by atoms with Gasteiger partial charge in [0.15, 0.2) is 0 Å². The first kappa shape index (κ1) is 12.6. The molecule has 0 aliphatic carbocycles. The van der Waals surface area contributed by atoms with Gasteiger partial charge in [0.05, 0.1) is 18.9 Å². The van der Waals surface area contributed by atoms with E-state index in [1.807, 2.05) is 4.90 Å². The minimum Gasteiger partial charge on any atom is -0.369 e. The number of carbonyl (C=O) groups is 1. The summed E-state index contributed by atoms with van der Waals surface area (Å²) >= 11 is 0. The fourth-order valence-electron chi connectivity index (χ4n) is 1.85. The molecule has 0 radical (unpaired) electrons. The first-order valence-electron chi connectivity index (χ1n) is 6.37. The van der Waals surface area contributed by atoms with Crippen molar-refractivity contribution in [2.75, 3.05) is 36.4 Å². The van der Waals surface area contributed by atoms with Crippen molar-refractivity contribution in [3.05, 3.63) is 12.4 Å². The summed E-state index contributed by atoms with van der Waals surface area (Å²) in [6.07, 6.45) is 5.38. The molecule has 98 valence electrons. The van der Waals surface area contributed by atoms with Crippen LogP contribution in [0, 0.1) is 0 Å². The molecule has 1 aromatic rings. The van der Waals surface area contributed by atoms with Crippen molar-refractivity contribution in [1.82, 2.24) is 15.3 Å². The molecule has 0 spiro atoms. The number of hydrogen-bond acceptors (Lipinski definition) is 5. The molecule has 6 nitrogen and oxygen atoms in total. The standard InChI is InChI=1S/C12H19N5O/c1-2-4-14-10-7-13-8-11(16-10)17-6-3-5-15-12(18)9-17/h7-8H,2-6,9H2,1H3,(H,14,16)(H,15,18). The third-order valence-electron chi connectivity index (χ3n) is 2.76. The van der Waals surface area contributed by atoms with Gasteiger partial charge in [-0.05, 0) is 12.8 Å². The number of carbonyl (C=O) groups excluding carboxylic acids is 1. The third-order valence-corrected chi connectivity index (χ3v) is 2.76. The summed E-state index contributed by atoms with van der Waals surface area (Å²) in [4.78, 5) is 22.1. The summed E-state index contributed by atoms with van der Waals surface area (Å²) in [5, 5.41) is 6.05. The lowest BCUT2D eigenvalue weighted by molar-refractivity contribution is -0.119. The molecular formula is C12H19N5O. The first-order valence-corrected chi connectivity index (χ1v) is 6.37. The number of aromatic nitrogens is 2. The predicted octanol–water partition coefficient (Wildman–Crippen LogP) is 0.625. The maximum atomic E-state index is 11.5. The van der Waals surface area contributed by atoms with Gasteiger partial charge in [0.25, 0.3) is 0 Å². The van der Waals surface area contributed by atoms with Gasteiger partial charge in [-0.15, -0.1) is 0 Å². The Bertz CT molecular complexity index is 409. The summed E-state index contributed by atoms with van der Waals surface area (Å²) in [5.74, 6) is 1.56. The van der Waals surface area contributed by atoms with Crippen LogP contribution in [0.25, 0.3) is 0 Å². The van der Waals surface area contributed by atoms with Gasteiger partial charge in [0.1, 0.15) is 11.6 Å². The van der Waals surface area contributed by atoms with Crippen LogP contribution in [0.1, 0.15) is 19.8 Å². The molecule has 2 heterocycles. The quantitative estimate of drug-likeness (QED) is 0.819. The second-order valence-corrected chi connectivity index (χ2v) is 4.31. The Balaban J connectivity index is 2.08. The SMILES string of the molecule is CCCNc1cncc(N2CCCNC(=O)C2)n1. The third kappa shape index (κ3) is 3.32. The van der Waals surface area contributed by atoms with Crippen molar-refractivity contribution in [2.45, 2.75) is 19.8 Å². The van der Waals surface area contributed by atoms with Crippen molar-refractivity contribution in [3.63, 3.8) is 0 Å². The number of amides is 1. The van der Waals surface area contributed by atoms with Crippen LogP contribution in [0.5, 0.6) is 0 Å². The van der Waals surface area contributed by atoms with Crippen molar-refractivity contribution in [2.24, 2.45) is 0 Å². The molecule has 0 saturated carbocycles. The van der Waals surface area contributed by atoms with E-state index in [4.69, 9.17) is 0 Å². The number of nitrogens with one attached hydrogen (secondary N) is 2. The monoisotopic (exact) mass is 249 g/mol. The second-order valence-electron chi connectivity index (χ2n) is 4.31. The van der Waals surface area contributed by atoms with Gasteiger partial charge < -0.3 is 15.5 Å². The Morgan fingerprint density at radius 2 is 2.39 bits per heavy atom. The lowest BCUT2D eigenvalue weighted by Crippen LogP contribution is -2.33. The summed E-state index contributed by atoms with van der Waals surface area (Å²) in [6, 6.07) is 0. The molecule has 0 aromatic carbocycles. The predicted molar refractivity (Wildman–Crippen MR) is 70.7 cm³/mol. The van der Waals surface area contributed by atoms with Crippen LogP contribution < -0.4 is 15.5 Å². The van der Waals surface area contributed by atoms with Crippen molar-refractivity contribution in [1.29, 1.82) is 0 Å². The molecule has 6 heteroatoms. The summed E-state index contributed by atoms with van der Waals surface area (Å²) in [7, 11) is 0. The molecular weight excluding hydrogens is 230 g/mol. The van der Waals surface area contributed by atoms with Gasteiger partial charge in [0.2, 0.25) is 5.91 Å². The summed E-state index contributed by atoms with van der Waals surface area (Å²) in [5.41, 5.74) is 0. The van der Waals surface area contributed by atoms with E-state index in [-0.39, 0.29) is 5.91 Å². The van der Waals surface area contributed by atoms with E-state index in [9.17, 15) is 4.79 Å². The smallest absolute Gasteiger partial charge is 0.239 e. The van der Waals surface area contributed by atoms with E-state index >= 15 is 0 Å². The first-order chi connectivity index (χ1) is 8.79. The molecule has 1 fully saturated rings. The van der Waals surface area contributed by atoms with Crippen LogP contribution in [-0.4, -0.2) is 42.1 Å². The average molecular weight is 249 g/mol. The van der Waals surface area contributed by atoms with Gasteiger partial charge in [0, 0.05) is 19.6 Å². The number of nitrogens with zero attached hydrogens (tertiary/aromatic N) is 3. The van der Waals surface area contributed by atoms with Gasteiger partial charge in [-0.2, -0.15) is 0 Å². The average Bonchev–Trinajstić information content (AvgIpc) is 2.61. The number of anilines is 2. The molecule has 1 aliphatic heterocycles. The van der Waals surface area contributed by atoms with E-state index in [1.165, 1.54) is 0 Å². The molecule has 2 N–H and O–H groups in total. The molecule has 1 saturated heterocycles. The number of hydrogen-bond donors (Lipinski definition) is 2. The van der Waals surface area contributed by atoms with E-state index < -0.39 is 0 Å². The highest BCUT2D eigenvalue weighted by molar-refractivity contribution is 5.81. The Morgan fingerprint density at radius 1 is 1.50 bits per heavy atom. The normalized spacial score (nSPS) is 16.1. The zero-order valence-corrected chi connectivity index (χ0v) is 10.6. The molecule has 1 aliphatic rings. The van der Waals surface area contributed by atoms with Gasteiger partial charge in [-0.3, -0.25) is 9.78 Å². The van der Waals surface area contributed by atoms with Crippen LogP contribution >= 0.6 is 0 Å². The molecule has 0 unspecified atom stereocenters. The lowest BCUT2D eigenvalue weighted by atomic mass is 10.4. The molecule has 18 heavy (non-hydrogen) atoms. The lowest BCUT2D eigenvalue weighted by Gasteiger charge is -2.20. The van der Waals surface area contributed by atoms with Crippen molar-refractivity contribution >= 4 is 17.5 Å². The van der Waals surface area contributed by atoms with Gasteiger partial charge >= 0.3 is 0 Å². The van der Waals surface area contributed by atoms with Crippen LogP contribution in [0.2, 0.25) is 0 Å². The van der Waals surface area contributed by atoms with Crippen LogP contribution in [0.15, 0.2) is 12.4 Å². The van der Waals surface area contributed by atoms with Crippen molar-refractivity contribution < 1.29 is 4.79 Å². The second kappa shape index (κ2) is 6.18. The molecule has 0 atom stereocenters. The molecule has 0 bridgehead atoms. The van der Waals surface area contributed by atoms with E-state index in [2.05, 4.69) is 27.5 Å². The minimum atomic E-state index is 0.0428. The Hall–Kier alpha value is -1.85. The maximum Gasteiger partial charge on any atom is 0.239 e. The fraction of sp³-hybridized carbons (Fsp3) is 0.583. The molecule has 1 aromatic heterocycles. The Morgan fingerprint density at radius 3 is 3.22 bits per heavy atom. The summed E-state index contributed by atoms with van der Waals surface area (Å²) < 4.78 is 0. The number of rotatable bonds is 4.